The molecule has 0 amide bonds. The van der Waals surface area contributed by atoms with Crippen LogP contribution in [0.3, 0.4) is 0 Å². The normalized spacial score (nSPS) is 33.8. The topological polar surface area (TPSA) is 58.9 Å². The highest BCUT2D eigenvalue weighted by atomic mass is 28.4. The van der Waals surface area contributed by atoms with Gasteiger partial charge in [0, 0.05) is 10.8 Å². The summed E-state index contributed by atoms with van der Waals surface area (Å²) >= 11 is 0. The average Bonchev–Trinajstić information content (AvgIpc) is 2.82. The van der Waals surface area contributed by atoms with Gasteiger partial charge in [-0.3, -0.25) is 0 Å². The summed E-state index contributed by atoms with van der Waals surface area (Å²) in [7, 11) is -4.08. The van der Waals surface area contributed by atoms with Crippen LogP contribution in [0.5, 0.6) is 0 Å². The molecule has 2 rings (SSSR count). The summed E-state index contributed by atoms with van der Waals surface area (Å²) in [5, 5.41) is 21.7. The average molecular weight is 443 g/mol. The summed E-state index contributed by atoms with van der Waals surface area (Å²) in [6.45, 7) is 22.7. The third kappa shape index (κ3) is 4.10. The fraction of sp³-hybridized carbons (Fsp3) is 0.913. The molecule has 6 heteroatoms. The number of hydrogen-bond donors (Lipinski definition) is 2. The van der Waals surface area contributed by atoms with E-state index in [4.69, 9.17) is 8.85 Å². The van der Waals surface area contributed by atoms with Gasteiger partial charge in [-0.1, -0.05) is 53.7 Å². The number of aliphatic hydroxyl groups is 2. The predicted octanol–water partition coefficient (Wildman–Crippen LogP) is 5.48. The second-order valence-corrected chi connectivity index (χ2v) is 22.0. The maximum absolute atomic E-state index is 10.7. The molecule has 0 saturated heterocycles. The van der Waals surface area contributed by atoms with Gasteiger partial charge in [0.25, 0.3) is 0 Å². The Hall–Kier alpha value is 0.0138. The molecule has 0 heterocycles. The molecule has 29 heavy (non-hydrogen) atoms. The summed E-state index contributed by atoms with van der Waals surface area (Å²) in [6.07, 6.45) is 6.37. The van der Waals surface area contributed by atoms with Crippen molar-refractivity contribution in [1.29, 1.82) is 0 Å². The summed E-state index contributed by atoms with van der Waals surface area (Å²) < 4.78 is 13.9. The molecule has 0 radical (unpaired) electrons. The third-order valence-corrected chi connectivity index (χ3v) is 17.8. The minimum atomic E-state index is -2.04. The van der Waals surface area contributed by atoms with Gasteiger partial charge in [-0.25, -0.2) is 0 Å². The second kappa shape index (κ2) is 7.86. The number of rotatable bonds is 6. The van der Waals surface area contributed by atoms with Gasteiger partial charge < -0.3 is 19.1 Å². The van der Waals surface area contributed by atoms with E-state index < -0.39 is 27.5 Å². The molecule has 4 nitrogen and oxygen atoms in total. The van der Waals surface area contributed by atoms with Crippen molar-refractivity contribution in [1.82, 2.24) is 0 Å². The van der Waals surface area contributed by atoms with Crippen LogP contribution in [0.2, 0.25) is 36.3 Å². The molecule has 2 aliphatic rings. The summed E-state index contributed by atoms with van der Waals surface area (Å²) in [4.78, 5) is 0. The molecule has 4 atom stereocenters. The third-order valence-electron chi connectivity index (χ3n) is 8.83. The number of aliphatic hydroxyl groups excluding tert-OH is 2. The van der Waals surface area contributed by atoms with Gasteiger partial charge in [0.15, 0.2) is 16.6 Å². The Bertz CT molecular complexity index is 565. The number of hydrogen-bond acceptors (Lipinski definition) is 4. The molecule has 2 aliphatic carbocycles. The van der Waals surface area contributed by atoms with Crippen LogP contribution in [0, 0.1) is 10.8 Å². The summed E-state index contributed by atoms with van der Waals surface area (Å²) in [6, 6.07) is 0. The van der Waals surface area contributed by atoms with E-state index in [0.29, 0.717) is 0 Å². The smallest absolute Gasteiger partial charge is 0.192 e. The van der Waals surface area contributed by atoms with Crippen LogP contribution < -0.4 is 0 Å². The van der Waals surface area contributed by atoms with Crippen molar-refractivity contribution >= 4 is 16.6 Å². The van der Waals surface area contributed by atoms with Gasteiger partial charge in [-0.15, -0.1) is 0 Å². The molecule has 0 aromatic rings. The molecule has 2 N–H and O–H groups in total. The Kier molecular flexibility index (Phi) is 6.85. The molecule has 1 fully saturated rings. The van der Waals surface area contributed by atoms with E-state index >= 15 is 0 Å². The first kappa shape index (κ1) is 25.3. The first-order valence-corrected chi connectivity index (χ1v) is 17.0. The van der Waals surface area contributed by atoms with Gasteiger partial charge in [-0.2, -0.15) is 0 Å². The van der Waals surface area contributed by atoms with Crippen LogP contribution in [-0.2, 0) is 8.85 Å². The van der Waals surface area contributed by atoms with Crippen LogP contribution in [0.4, 0.5) is 0 Å². The van der Waals surface area contributed by atoms with Crippen molar-refractivity contribution in [3.05, 3.63) is 12.2 Å². The van der Waals surface area contributed by atoms with E-state index in [1.807, 2.05) is 0 Å². The molecule has 0 aromatic heterocycles. The van der Waals surface area contributed by atoms with Gasteiger partial charge in [-0.05, 0) is 55.5 Å². The SMILES string of the molecule is CC(C)(C)[Si](C)(C)O[C@H]1C[C@@H](O[Si](C)(C)C(C)(C)C)[C@]2(CO)CC=CC[C@]12CO. The highest BCUT2D eigenvalue weighted by molar-refractivity contribution is 6.74. The fourth-order valence-electron chi connectivity index (χ4n) is 4.58. The molecule has 0 aromatic carbocycles. The van der Waals surface area contributed by atoms with Gasteiger partial charge >= 0.3 is 0 Å². The lowest BCUT2D eigenvalue weighted by Gasteiger charge is -2.52. The van der Waals surface area contributed by atoms with E-state index in [1.165, 1.54) is 0 Å². The minimum Gasteiger partial charge on any atom is -0.413 e. The molecule has 0 bridgehead atoms. The molecular weight excluding hydrogens is 396 g/mol. The van der Waals surface area contributed by atoms with Crippen LogP contribution >= 0.6 is 0 Å². The lowest BCUT2D eigenvalue weighted by Crippen LogP contribution is -2.57. The van der Waals surface area contributed by atoms with Crippen molar-refractivity contribution < 1.29 is 19.1 Å². The minimum absolute atomic E-state index is 0.0224. The molecular formula is C23H46O4Si2. The zero-order chi connectivity index (χ0) is 22.5. The van der Waals surface area contributed by atoms with E-state index in [9.17, 15) is 10.2 Å². The van der Waals surface area contributed by atoms with E-state index in [2.05, 4.69) is 79.9 Å². The Labute approximate surface area is 181 Å². The van der Waals surface area contributed by atoms with Crippen molar-refractivity contribution in [2.75, 3.05) is 13.2 Å². The van der Waals surface area contributed by atoms with E-state index in [0.717, 1.165) is 19.3 Å². The lowest BCUT2D eigenvalue weighted by atomic mass is 9.59. The van der Waals surface area contributed by atoms with Crippen LogP contribution in [-0.4, -0.2) is 52.3 Å². The first-order chi connectivity index (χ1) is 13.0. The summed E-state index contributed by atoms with van der Waals surface area (Å²) in [5.74, 6) is 0. The zero-order valence-corrected chi connectivity index (χ0v) is 22.6. The van der Waals surface area contributed by atoms with Crippen LogP contribution in [0.15, 0.2) is 12.2 Å². The van der Waals surface area contributed by atoms with Gasteiger partial charge in [0.05, 0.1) is 25.4 Å². The lowest BCUT2D eigenvalue weighted by molar-refractivity contribution is -0.111. The Balaban J connectivity index is 2.51. The Morgan fingerprint density at radius 2 is 1.07 bits per heavy atom. The molecule has 0 spiro atoms. The van der Waals surface area contributed by atoms with Crippen molar-refractivity contribution in [2.24, 2.45) is 10.8 Å². The van der Waals surface area contributed by atoms with Gasteiger partial charge in [0.2, 0.25) is 0 Å². The highest BCUT2D eigenvalue weighted by Gasteiger charge is 2.67. The highest BCUT2D eigenvalue weighted by Crippen LogP contribution is 2.62. The number of fused-ring (bicyclic) bond motifs is 1. The van der Waals surface area contributed by atoms with E-state index in [1.54, 1.807) is 0 Å². The predicted molar refractivity (Wildman–Crippen MR) is 126 cm³/mol. The maximum Gasteiger partial charge on any atom is 0.192 e. The zero-order valence-electron chi connectivity index (χ0n) is 20.6. The standard InChI is InChI=1S/C23H46O4Si2/c1-20(2,3)28(7,8)26-18-15-19(27-29(9,10)21(4,5)6)23(17-25)14-12-11-13-22(18,23)16-24/h11-12,18-19,24-25H,13-17H2,1-10H3/t18-,19+,22-,23+. The summed E-state index contributed by atoms with van der Waals surface area (Å²) in [5.41, 5.74) is -0.974. The second-order valence-electron chi connectivity index (χ2n) is 12.5. The quantitative estimate of drug-likeness (QED) is 0.422. The van der Waals surface area contributed by atoms with Crippen LogP contribution in [0.1, 0.15) is 60.8 Å². The molecule has 170 valence electrons. The monoisotopic (exact) mass is 442 g/mol. The fourth-order valence-corrected chi connectivity index (χ4v) is 7.35. The first-order valence-electron chi connectivity index (χ1n) is 11.2. The van der Waals surface area contributed by atoms with Crippen LogP contribution in [0.25, 0.3) is 0 Å². The molecule has 0 unspecified atom stereocenters. The molecule has 1 saturated carbocycles. The van der Waals surface area contributed by atoms with Gasteiger partial charge in [0.1, 0.15) is 0 Å². The Morgan fingerprint density at radius 3 is 1.31 bits per heavy atom. The largest absolute Gasteiger partial charge is 0.413 e. The Morgan fingerprint density at radius 1 is 0.759 bits per heavy atom. The van der Waals surface area contributed by atoms with Crippen molar-refractivity contribution in [3.8, 4) is 0 Å². The number of allylic oxidation sites excluding steroid dienone is 2. The maximum atomic E-state index is 10.7. The molecule has 0 aliphatic heterocycles. The van der Waals surface area contributed by atoms with E-state index in [-0.39, 0.29) is 35.5 Å². The van der Waals surface area contributed by atoms with Crippen molar-refractivity contribution in [3.63, 3.8) is 0 Å². The van der Waals surface area contributed by atoms with Crippen molar-refractivity contribution in [2.45, 2.75) is 109 Å².